The first kappa shape index (κ1) is 8.38. The van der Waals surface area contributed by atoms with Gasteiger partial charge in [-0.2, -0.15) is 0 Å². The van der Waals surface area contributed by atoms with E-state index in [0.717, 1.165) is 19.5 Å². The van der Waals surface area contributed by atoms with Crippen LogP contribution in [-0.2, 0) is 13.0 Å². The Morgan fingerprint density at radius 2 is 2.23 bits per heavy atom. The van der Waals surface area contributed by atoms with Gasteiger partial charge >= 0.3 is 0 Å². The van der Waals surface area contributed by atoms with Gasteiger partial charge in [-0.15, -0.1) is 0 Å². The molecule has 0 bridgehead atoms. The van der Waals surface area contributed by atoms with Crippen molar-refractivity contribution in [2.24, 2.45) is 0 Å². The monoisotopic (exact) mass is 179 g/mol. The minimum absolute atomic E-state index is 0.239. The van der Waals surface area contributed by atoms with Crippen LogP contribution in [0, 0.1) is 0 Å². The van der Waals surface area contributed by atoms with E-state index in [2.05, 4.69) is 5.32 Å². The summed E-state index contributed by atoms with van der Waals surface area (Å²) in [4.78, 5) is 0. The molecule has 0 aromatic heterocycles. The van der Waals surface area contributed by atoms with Crippen LogP contribution >= 0.6 is 0 Å². The van der Waals surface area contributed by atoms with Crippen LogP contribution in [0.15, 0.2) is 12.1 Å². The number of benzene rings is 1. The van der Waals surface area contributed by atoms with Crippen LogP contribution in [0.4, 0.5) is 0 Å². The van der Waals surface area contributed by atoms with E-state index in [1.807, 2.05) is 6.07 Å². The van der Waals surface area contributed by atoms with Gasteiger partial charge in [-0.25, -0.2) is 0 Å². The largest absolute Gasteiger partial charge is 0.504 e. The van der Waals surface area contributed by atoms with Crippen LogP contribution in [0.3, 0.4) is 0 Å². The molecule has 0 aliphatic carbocycles. The zero-order valence-corrected chi connectivity index (χ0v) is 7.63. The van der Waals surface area contributed by atoms with Gasteiger partial charge in [0.05, 0.1) is 7.11 Å². The summed E-state index contributed by atoms with van der Waals surface area (Å²) in [6, 6.07) is 3.70. The number of nitrogens with one attached hydrogen (secondary N) is 1. The van der Waals surface area contributed by atoms with E-state index < -0.39 is 0 Å². The van der Waals surface area contributed by atoms with E-state index in [9.17, 15) is 5.11 Å². The second kappa shape index (κ2) is 3.26. The average molecular weight is 179 g/mol. The van der Waals surface area contributed by atoms with Crippen molar-refractivity contribution in [1.29, 1.82) is 0 Å². The fourth-order valence-corrected chi connectivity index (χ4v) is 1.66. The molecule has 1 aromatic rings. The molecule has 0 saturated carbocycles. The molecule has 0 fully saturated rings. The summed E-state index contributed by atoms with van der Waals surface area (Å²) in [5.74, 6) is 0.797. The summed E-state index contributed by atoms with van der Waals surface area (Å²) in [5, 5.41) is 12.8. The van der Waals surface area contributed by atoms with E-state index >= 15 is 0 Å². The van der Waals surface area contributed by atoms with Crippen molar-refractivity contribution in [3.8, 4) is 11.5 Å². The van der Waals surface area contributed by atoms with Crippen molar-refractivity contribution < 1.29 is 9.84 Å². The van der Waals surface area contributed by atoms with E-state index in [1.54, 1.807) is 13.2 Å². The first-order valence-electron chi connectivity index (χ1n) is 4.40. The highest BCUT2D eigenvalue weighted by atomic mass is 16.5. The molecule has 0 unspecified atom stereocenters. The summed E-state index contributed by atoms with van der Waals surface area (Å²) in [6.45, 7) is 1.85. The Hall–Kier alpha value is -1.22. The maximum atomic E-state index is 9.52. The zero-order valence-electron chi connectivity index (χ0n) is 7.63. The lowest BCUT2D eigenvalue weighted by atomic mass is 10.0. The molecule has 2 rings (SSSR count). The second-order valence-electron chi connectivity index (χ2n) is 3.22. The summed E-state index contributed by atoms with van der Waals surface area (Å²) in [7, 11) is 1.57. The number of ether oxygens (including phenoxy) is 1. The Morgan fingerprint density at radius 1 is 1.38 bits per heavy atom. The third-order valence-electron chi connectivity index (χ3n) is 2.39. The Morgan fingerprint density at radius 3 is 3.00 bits per heavy atom. The number of hydrogen-bond acceptors (Lipinski definition) is 3. The molecule has 3 heteroatoms. The standard InChI is InChI=1S/C10H13NO2/c1-13-10-5-8-6-11-3-2-7(8)4-9(10)12/h4-5,11-12H,2-3,6H2,1H3. The zero-order chi connectivity index (χ0) is 9.26. The van der Waals surface area contributed by atoms with Gasteiger partial charge in [0.2, 0.25) is 0 Å². The summed E-state index contributed by atoms with van der Waals surface area (Å²) in [6.07, 6.45) is 0.979. The predicted octanol–water partition coefficient (Wildman–Crippen LogP) is 1.05. The van der Waals surface area contributed by atoms with Crippen LogP contribution in [-0.4, -0.2) is 18.8 Å². The van der Waals surface area contributed by atoms with Gasteiger partial charge in [-0.05, 0) is 36.2 Å². The maximum Gasteiger partial charge on any atom is 0.160 e. The van der Waals surface area contributed by atoms with Crippen molar-refractivity contribution >= 4 is 0 Å². The molecule has 0 radical (unpaired) electrons. The van der Waals surface area contributed by atoms with Crippen molar-refractivity contribution in [2.75, 3.05) is 13.7 Å². The Kier molecular flexibility index (Phi) is 2.10. The van der Waals surface area contributed by atoms with Crippen molar-refractivity contribution in [3.63, 3.8) is 0 Å². The van der Waals surface area contributed by atoms with E-state index in [-0.39, 0.29) is 5.75 Å². The molecule has 70 valence electrons. The first-order chi connectivity index (χ1) is 6.31. The van der Waals surface area contributed by atoms with Crippen LogP contribution < -0.4 is 10.1 Å². The topological polar surface area (TPSA) is 41.5 Å². The number of fused-ring (bicyclic) bond motifs is 1. The SMILES string of the molecule is COc1cc2c(cc1O)CCNC2. The Labute approximate surface area is 77.3 Å². The van der Waals surface area contributed by atoms with Gasteiger partial charge in [0.25, 0.3) is 0 Å². The van der Waals surface area contributed by atoms with Crippen molar-refractivity contribution in [1.82, 2.24) is 5.32 Å². The Balaban J connectivity index is 2.44. The van der Waals surface area contributed by atoms with Crippen molar-refractivity contribution in [2.45, 2.75) is 13.0 Å². The number of phenolic OH excluding ortho intramolecular Hbond substituents is 1. The van der Waals surface area contributed by atoms with Gasteiger partial charge in [-0.1, -0.05) is 0 Å². The molecule has 3 nitrogen and oxygen atoms in total. The highest BCUT2D eigenvalue weighted by molar-refractivity contribution is 5.47. The molecule has 1 heterocycles. The van der Waals surface area contributed by atoms with E-state index in [1.165, 1.54) is 11.1 Å². The van der Waals surface area contributed by atoms with Crippen LogP contribution in [0.2, 0.25) is 0 Å². The molecule has 0 atom stereocenters. The minimum atomic E-state index is 0.239. The van der Waals surface area contributed by atoms with Crippen LogP contribution in [0.25, 0.3) is 0 Å². The molecule has 0 spiro atoms. The molecule has 0 saturated heterocycles. The van der Waals surface area contributed by atoms with Crippen LogP contribution in [0.1, 0.15) is 11.1 Å². The van der Waals surface area contributed by atoms with E-state index in [4.69, 9.17) is 4.74 Å². The quantitative estimate of drug-likeness (QED) is 0.677. The molecule has 1 aromatic carbocycles. The third kappa shape index (κ3) is 1.47. The van der Waals surface area contributed by atoms with Gasteiger partial charge < -0.3 is 15.2 Å². The van der Waals surface area contributed by atoms with Gasteiger partial charge in [0.1, 0.15) is 0 Å². The van der Waals surface area contributed by atoms with Crippen LogP contribution in [0.5, 0.6) is 11.5 Å². The number of phenols is 1. The smallest absolute Gasteiger partial charge is 0.160 e. The number of rotatable bonds is 1. The normalized spacial score (nSPS) is 15.2. The summed E-state index contributed by atoms with van der Waals surface area (Å²) in [5.41, 5.74) is 2.44. The van der Waals surface area contributed by atoms with Gasteiger partial charge in [0.15, 0.2) is 11.5 Å². The average Bonchev–Trinajstić information content (AvgIpc) is 2.17. The number of methoxy groups -OCH3 is 1. The van der Waals surface area contributed by atoms with E-state index in [0.29, 0.717) is 5.75 Å². The summed E-state index contributed by atoms with van der Waals surface area (Å²) < 4.78 is 5.03. The molecular weight excluding hydrogens is 166 g/mol. The predicted molar refractivity (Wildman–Crippen MR) is 50.1 cm³/mol. The first-order valence-corrected chi connectivity index (χ1v) is 4.40. The molecular formula is C10H13NO2. The highest BCUT2D eigenvalue weighted by Gasteiger charge is 2.12. The lowest BCUT2D eigenvalue weighted by Gasteiger charge is -2.18. The summed E-state index contributed by atoms with van der Waals surface area (Å²) >= 11 is 0. The lowest BCUT2D eigenvalue weighted by Crippen LogP contribution is -2.23. The molecule has 1 aliphatic rings. The molecule has 13 heavy (non-hydrogen) atoms. The van der Waals surface area contributed by atoms with Gasteiger partial charge in [-0.3, -0.25) is 0 Å². The highest BCUT2D eigenvalue weighted by Crippen LogP contribution is 2.30. The lowest BCUT2D eigenvalue weighted by molar-refractivity contribution is 0.371. The number of hydrogen-bond donors (Lipinski definition) is 2. The Bertz CT molecular complexity index is 323. The third-order valence-corrected chi connectivity index (χ3v) is 2.39. The second-order valence-corrected chi connectivity index (χ2v) is 3.22. The fraction of sp³-hybridized carbons (Fsp3) is 0.400. The van der Waals surface area contributed by atoms with Crippen molar-refractivity contribution in [3.05, 3.63) is 23.3 Å². The molecule has 1 aliphatic heterocycles. The van der Waals surface area contributed by atoms with Gasteiger partial charge in [0, 0.05) is 6.54 Å². The molecule has 2 N–H and O–H groups in total. The number of aromatic hydroxyl groups is 1. The minimum Gasteiger partial charge on any atom is -0.504 e. The molecule has 0 amide bonds. The fourth-order valence-electron chi connectivity index (χ4n) is 1.66. The maximum absolute atomic E-state index is 9.52.